The third kappa shape index (κ3) is 4.70. The molecular weight excluding hydrogens is 454 g/mol. The molecular formula is C27H31N7O2. The number of hydrogen-bond donors (Lipinski definition) is 2. The molecule has 0 atom stereocenters. The van der Waals surface area contributed by atoms with E-state index in [0.29, 0.717) is 30.4 Å². The molecule has 0 saturated carbocycles. The van der Waals surface area contributed by atoms with Crippen LogP contribution in [-0.2, 0) is 7.05 Å². The minimum atomic E-state index is -0.0965. The number of likely N-dealkylation sites (N-methyl/N-ethyl adjacent to an activating group) is 1. The van der Waals surface area contributed by atoms with E-state index in [0.717, 1.165) is 46.9 Å². The maximum atomic E-state index is 13.4. The normalized spacial score (nSPS) is 13.0. The number of nitrogens with zero attached hydrogens (tertiary/aromatic N) is 5. The summed E-state index contributed by atoms with van der Waals surface area (Å²) >= 11 is 0. The van der Waals surface area contributed by atoms with Gasteiger partial charge < -0.3 is 25.2 Å². The van der Waals surface area contributed by atoms with Gasteiger partial charge in [-0.05, 0) is 63.0 Å². The highest BCUT2D eigenvalue weighted by Gasteiger charge is 2.23. The maximum absolute atomic E-state index is 13.4. The molecule has 1 aliphatic rings. The second-order valence-electron chi connectivity index (χ2n) is 9.21. The van der Waals surface area contributed by atoms with Gasteiger partial charge in [-0.15, -0.1) is 0 Å². The van der Waals surface area contributed by atoms with E-state index in [1.807, 2.05) is 56.6 Å². The van der Waals surface area contributed by atoms with Crippen LogP contribution in [0.4, 0.5) is 28.7 Å². The van der Waals surface area contributed by atoms with Crippen molar-refractivity contribution in [3.63, 3.8) is 0 Å². The molecule has 0 saturated heterocycles. The van der Waals surface area contributed by atoms with Crippen LogP contribution in [0.25, 0.3) is 11.0 Å². The number of fused-ring (bicyclic) bond motifs is 2. The fourth-order valence-corrected chi connectivity index (χ4v) is 4.36. The van der Waals surface area contributed by atoms with Crippen molar-refractivity contribution in [1.29, 1.82) is 0 Å². The van der Waals surface area contributed by atoms with Gasteiger partial charge in [0.2, 0.25) is 5.95 Å². The zero-order valence-corrected chi connectivity index (χ0v) is 21.1. The lowest BCUT2D eigenvalue weighted by Crippen LogP contribution is -2.35. The van der Waals surface area contributed by atoms with E-state index in [4.69, 9.17) is 4.74 Å². The van der Waals surface area contributed by atoms with Crippen LogP contribution < -0.4 is 25.8 Å². The Hall–Kier alpha value is -4.11. The zero-order chi connectivity index (χ0) is 25.2. The first-order valence-corrected chi connectivity index (χ1v) is 12.0. The number of nitrogens with one attached hydrogen (secondary N) is 2. The molecule has 0 bridgehead atoms. The smallest absolute Gasteiger partial charge is 0.275 e. The first-order chi connectivity index (χ1) is 17.4. The van der Waals surface area contributed by atoms with Gasteiger partial charge in [0, 0.05) is 44.0 Å². The predicted molar refractivity (Wildman–Crippen MR) is 145 cm³/mol. The van der Waals surface area contributed by atoms with E-state index in [1.54, 1.807) is 17.8 Å². The lowest BCUT2D eigenvalue weighted by Gasteiger charge is -2.32. The van der Waals surface area contributed by atoms with Crippen LogP contribution in [0.3, 0.4) is 0 Å². The minimum absolute atomic E-state index is 0.0965. The van der Waals surface area contributed by atoms with Crippen molar-refractivity contribution in [2.24, 2.45) is 7.05 Å². The Balaban J connectivity index is 1.40. The Morgan fingerprint density at radius 1 is 1.14 bits per heavy atom. The van der Waals surface area contributed by atoms with Gasteiger partial charge in [-0.25, -0.2) is 4.98 Å². The fourth-order valence-electron chi connectivity index (χ4n) is 4.36. The highest BCUT2D eigenvalue weighted by Crippen LogP contribution is 2.36. The highest BCUT2D eigenvalue weighted by atomic mass is 16.5. The van der Waals surface area contributed by atoms with Crippen molar-refractivity contribution in [3.8, 4) is 5.75 Å². The molecule has 9 heteroatoms. The van der Waals surface area contributed by atoms with E-state index in [2.05, 4.69) is 43.4 Å². The maximum Gasteiger partial charge on any atom is 0.275 e. The third-order valence-corrected chi connectivity index (χ3v) is 6.32. The standard InChI is InChI=1S/C27H31N7O2/c1-18-6-5-7-22-24(18)28-12-13-34(22)23-16-19-17-29-27(31-25(19)33(4)26(23)35)30-20-8-10-21(11-9-20)36-15-14-32(2)3/h5-11,16-17,28H,12-15H2,1-4H3,(H,29,30,31). The molecule has 0 amide bonds. The van der Waals surface area contributed by atoms with Crippen molar-refractivity contribution in [1.82, 2.24) is 19.4 Å². The summed E-state index contributed by atoms with van der Waals surface area (Å²) in [6, 6.07) is 15.7. The molecule has 1 aliphatic heterocycles. The summed E-state index contributed by atoms with van der Waals surface area (Å²) in [4.78, 5) is 26.7. The number of rotatable bonds is 7. The van der Waals surface area contributed by atoms with Gasteiger partial charge in [0.25, 0.3) is 5.56 Å². The molecule has 2 aromatic carbocycles. The number of aryl methyl sites for hydroxylation is 2. The summed E-state index contributed by atoms with van der Waals surface area (Å²) < 4.78 is 7.35. The number of benzene rings is 2. The van der Waals surface area contributed by atoms with Gasteiger partial charge in [0.15, 0.2) is 0 Å². The zero-order valence-electron chi connectivity index (χ0n) is 21.1. The van der Waals surface area contributed by atoms with Crippen molar-refractivity contribution >= 4 is 39.7 Å². The van der Waals surface area contributed by atoms with Crippen molar-refractivity contribution < 1.29 is 4.74 Å². The van der Waals surface area contributed by atoms with Gasteiger partial charge in [-0.1, -0.05) is 12.1 Å². The van der Waals surface area contributed by atoms with Crippen LogP contribution in [0, 0.1) is 6.92 Å². The Morgan fingerprint density at radius 3 is 2.72 bits per heavy atom. The SMILES string of the molecule is Cc1cccc2c1NCCN2c1cc2cnc(Nc3ccc(OCCN(C)C)cc3)nc2n(C)c1=O. The lowest BCUT2D eigenvalue weighted by molar-refractivity contribution is 0.261. The van der Waals surface area contributed by atoms with Crippen molar-refractivity contribution in [3.05, 3.63) is 70.6 Å². The average molecular weight is 486 g/mol. The van der Waals surface area contributed by atoms with E-state index < -0.39 is 0 Å². The number of aromatic nitrogens is 3. The minimum Gasteiger partial charge on any atom is -0.492 e. The number of para-hydroxylation sites is 1. The third-order valence-electron chi connectivity index (χ3n) is 6.32. The lowest BCUT2D eigenvalue weighted by atomic mass is 10.1. The Kier molecular flexibility index (Phi) is 6.47. The quantitative estimate of drug-likeness (QED) is 0.408. The van der Waals surface area contributed by atoms with Gasteiger partial charge >= 0.3 is 0 Å². The molecule has 186 valence electrons. The monoisotopic (exact) mass is 485 g/mol. The second kappa shape index (κ2) is 9.87. The topological polar surface area (TPSA) is 87.6 Å². The van der Waals surface area contributed by atoms with Crippen LogP contribution >= 0.6 is 0 Å². The molecule has 4 aromatic rings. The van der Waals surface area contributed by atoms with Gasteiger partial charge in [-0.2, -0.15) is 4.98 Å². The second-order valence-corrected chi connectivity index (χ2v) is 9.21. The van der Waals surface area contributed by atoms with Gasteiger partial charge in [0.05, 0.1) is 11.4 Å². The summed E-state index contributed by atoms with van der Waals surface area (Å²) in [7, 11) is 5.78. The summed E-state index contributed by atoms with van der Waals surface area (Å²) in [5, 5.41) is 7.48. The van der Waals surface area contributed by atoms with Gasteiger partial charge in [0.1, 0.15) is 23.7 Å². The van der Waals surface area contributed by atoms with Crippen LogP contribution in [0.2, 0.25) is 0 Å². The molecule has 2 aromatic heterocycles. The summed E-state index contributed by atoms with van der Waals surface area (Å²) in [6.45, 7) is 5.02. The average Bonchev–Trinajstić information content (AvgIpc) is 2.87. The molecule has 36 heavy (non-hydrogen) atoms. The Labute approximate surface area is 210 Å². The number of pyridine rings is 1. The predicted octanol–water partition coefficient (Wildman–Crippen LogP) is 3.88. The van der Waals surface area contributed by atoms with E-state index in [1.165, 1.54) is 0 Å². The van der Waals surface area contributed by atoms with Crippen LogP contribution in [0.15, 0.2) is 59.5 Å². The highest BCUT2D eigenvalue weighted by molar-refractivity contribution is 5.85. The first-order valence-electron chi connectivity index (χ1n) is 12.0. The van der Waals surface area contributed by atoms with Gasteiger partial charge in [-0.3, -0.25) is 9.36 Å². The number of anilines is 5. The van der Waals surface area contributed by atoms with Crippen LogP contribution in [0.1, 0.15) is 5.56 Å². The Bertz CT molecular complexity index is 1450. The first kappa shape index (κ1) is 23.6. The van der Waals surface area contributed by atoms with Crippen molar-refractivity contribution in [2.75, 3.05) is 55.9 Å². The van der Waals surface area contributed by atoms with E-state index in [9.17, 15) is 4.79 Å². The molecule has 3 heterocycles. The van der Waals surface area contributed by atoms with Crippen molar-refractivity contribution in [2.45, 2.75) is 6.92 Å². The number of ether oxygens (including phenoxy) is 1. The van der Waals surface area contributed by atoms with E-state index >= 15 is 0 Å². The van der Waals surface area contributed by atoms with E-state index in [-0.39, 0.29) is 5.56 Å². The Morgan fingerprint density at radius 2 is 1.94 bits per heavy atom. The number of hydrogen-bond acceptors (Lipinski definition) is 8. The molecule has 0 radical (unpaired) electrons. The molecule has 0 fully saturated rings. The summed E-state index contributed by atoms with van der Waals surface area (Å²) in [5.41, 5.74) is 5.16. The largest absolute Gasteiger partial charge is 0.492 e. The summed E-state index contributed by atoms with van der Waals surface area (Å²) in [5.74, 6) is 1.23. The molecule has 0 unspecified atom stereocenters. The fraction of sp³-hybridized carbons (Fsp3) is 0.296. The van der Waals surface area contributed by atoms with Crippen LogP contribution in [-0.4, -0.2) is 59.8 Å². The molecule has 0 aliphatic carbocycles. The summed E-state index contributed by atoms with van der Waals surface area (Å²) in [6.07, 6.45) is 1.76. The molecule has 9 nitrogen and oxygen atoms in total. The molecule has 0 spiro atoms. The molecule has 2 N–H and O–H groups in total. The van der Waals surface area contributed by atoms with Crippen LogP contribution in [0.5, 0.6) is 5.75 Å². The molecule has 5 rings (SSSR count).